The maximum absolute atomic E-state index is 12.2. The van der Waals surface area contributed by atoms with Crippen molar-refractivity contribution in [3.63, 3.8) is 0 Å². The Balaban J connectivity index is 1.81. The monoisotopic (exact) mass is 388 g/mol. The number of methoxy groups -OCH3 is 2. The first-order chi connectivity index (χ1) is 13.5. The van der Waals surface area contributed by atoms with Gasteiger partial charge in [-0.1, -0.05) is 17.7 Å². The standard InChI is InChI=1S/C22H32N2O4/c1-17(25)24(14-12-19-9-10-20(27-2)21(15-19)28-3)16-22(26)23-13-11-18-7-5-4-6-8-18/h7,9-10,15H,4-6,8,11-14,16H2,1-3H3,(H,23,26). The van der Waals surface area contributed by atoms with Crippen LogP contribution in [0.5, 0.6) is 11.5 Å². The second-order valence-corrected chi connectivity index (χ2v) is 7.09. The number of allylic oxidation sites excluding steroid dienone is 1. The van der Waals surface area contributed by atoms with Crippen LogP contribution in [0.3, 0.4) is 0 Å². The Hall–Kier alpha value is -2.50. The minimum atomic E-state index is -0.112. The molecular formula is C22H32N2O4. The van der Waals surface area contributed by atoms with Crippen LogP contribution in [0.25, 0.3) is 0 Å². The lowest BCUT2D eigenvalue weighted by atomic mass is 9.97. The minimum absolute atomic E-state index is 0.0850. The molecule has 0 radical (unpaired) electrons. The molecule has 0 saturated carbocycles. The average Bonchev–Trinajstić information content (AvgIpc) is 2.71. The minimum Gasteiger partial charge on any atom is -0.493 e. The van der Waals surface area contributed by atoms with E-state index >= 15 is 0 Å². The van der Waals surface area contributed by atoms with Gasteiger partial charge in [-0.3, -0.25) is 9.59 Å². The summed E-state index contributed by atoms with van der Waals surface area (Å²) in [7, 11) is 3.19. The molecule has 1 aliphatic rings. The van der Waals surface area contributed by atoms with Crippen LogP contribution in [0.1, 0.15) is 44.6 Å². The highest BCUT2D eigenvalue weighted by Gasteiger charge is 2.14. The molecule has 0 fully saturated rings. The van der Waals surface area contributed by atoms with Crippen LogP contribution in [0.15, 0.2) is 29.8 Å². The number of nitrogens with zero attached hydrogens (tertiary/aromatic N) is 1. The first-order valence-corrected chi connectivity index (χ1v) is 9.94. The summed E-state index contributed by atoms with van der Waals surface area (Å²) in [6.07, 6.45) is 8.63. The molecule has 0 unspecified atom stereocenters. The van der Waals surface area contributed by atoms with E-state index in [1.54, 1.807) is 19.1 Å². The molecule has 28 heavy (non-hydrogen) atoms. The van der Waals surface area contributed by atoms with Gasteiger partial charge in [0.1, 0.15) is 0 Å². The molecule has 0 bridgehead atoms. The Bertz CT molecular complexity index is 700. The van der Waals surface area contributed by atoms with E-state index in [2.05, 4.69) is 11.4 Å². The van der Waals surface area contributed by atoms with Crippen LogP contribution in [0.2, 0.25) is 0 Å². The lowest BCUT2D eigenvalue weighted by Crippen LogP contribution is -2.41. The van der Waals surface area contributed by atoms with Crippen molar-refractivity contribution in [1.82, 2.24) is 10.2 Å². The van der Waals surface area contributed by atoms with Crippen molar-refractivity contribution in [2.24, 2.45) is 0 Å². The first-order valence-electron chi connectivity index (χ1n) is 9.94. The van der Waals surface area contributed by atoms with Gasteiger partial charge in [-0.25, -0.2) is 0 Å². The Morgan fingerprint density at radius 2 is 1.89 bits per heavy atom. The van der Waals surface area contributed by atoms with Crippen LogP contribution < -0.4 is 14.8 Å². The highest BCUT2D eigenvalue weighted by Crippen LogP contribution is 2.27. The highest BCUT2D eigenvalue weighted by molar-refractivity contribution is 5.83. The third-order valence-corrected chi connectivity index (χ3v) is 5.05. The maximum atomic E-state index is 12.2. The van der Waals surface area contributed by atoms with Crippen molar-refractivity contribution >= 4 is 11.8 Å². The van der Waals surface area contributed by atoms with Gasteiger partial charge in [0.15, 0.2) is 11.5 Å². The van der Waals surface area contributed by atoms with E-state index in [-0.39, 0.29) is 18.4 Å². The predicted octanol–water partition coefficient (Wildman–Crippen LogP) is 3.10. The zero-order chi connectivity index (χ0) is 20.4. The Labute approximate surface area is 167 Å². The summed E-state index contributed by atoms with van der Waals surface area (Å²) in [5.74, 6) is 1.11. The van der Waals surface area contributed by atoms with Gasteiger partial charge in [0, 0.05) is 20.0 Å². The largest absolute Gasteiger partial charge is 0.493 e. The fourth-order valence-electron chi connectivity index (χ4n) is 3.37. The van der Waals surface area contributed by atoms with E-state index in [1.165, 1.54) is 25.3 Å². The molecule has 2 rings (SSSR count). The lowest BCUT2D eigenvalue weighted by molar-refractivity contribution is -0.134. The second kappa shape index (κ2) is 11.4. The zero-order valence-electron chi connectivity index (χ0n) is 17.3. The average molecular weight is 389 g/mol. The molecule has 6 nitrogen and oxygen atoms in total. The summed E-state index contributed by atoms with van der Waals surface area (Å²) >= 11 is 0. The fraction of sp³-hybridized carbons (Fsp3) is 0.545. The van der Waals surface area contributed by atoms with Crippen LogP contribution in [-0.2, 0) is 16.0 Å². The van der Waals surface area contributed by atoms with Crippen molar-refractivity contribution in [3.05, 3.63) is 35.4 Å². The molecule has 0 atom stereocenters. The topological polar surface area (TPSA) is 67.9 Å². The van der Waals surface area contributed by atoms with E-state index < -0.39 is 0 Å². The molecule has 1 N–H and O–H groups in total. The molecule has 0 aromatic heterocycles. The van der Waals surface area contributed by atoms with E-state index in [4.69, 9.17) is 9.47 Å². The number of rotatable bonds is 10. The van der Waals surface area contributed by atoms with E-state index in [1.807, 2.05) is 18.2 Å². The highest BCUT2D eigenvalue weighted by atomic mass is 16.5. The fourth-order valence-corrected chi connectivity index (χ4v) is 3.37. The number of carbonyl (C=O) groups is 2. The maximum Gasteiger partial charge on any atom is 0.239 e. The number of hydrogen-bond acceptors (Lipinski definition) is 4. The SMILES string of the molecule is COc1ccc(CCN(CC(=O)NCCC2=CCCCC2)C(C)=O)cc1OC. The normalized spacial score (nSPS) is 13.5. The number of ether oxygens (including phenoxy) is 2. The molecule has 0 saturated heterocycles. The van der Waals surface area contributed by atoms with Crippen molar-refractivity contribution in [2.75, 3.05) is 33.9 Å². The lowest BCUT2D eigenvalue weighted by Gasteiger charge is -2.21. The summed E-state index contributed by atoms with van der Waals surface area (Å²) < 4.78 is 10.6. The molecule has 1 aromatic rings. The number of amides is 2. The number of hydrogen-bond donors (Lipinski definition) is 1. The quantitative estimate of drug-likeness (QED) is 0.626. The van der Waals surface area contributed by atoms with Crippen LogP contribution >= 0.6 is 0 Å². The van der Waals surface area contributed by atoms with Gasteiger partial charge in [0.2, 0.25) is 11.8 Å². The second-order valence-electron chi connectivity index (χ2n) is 7.09. The van der Waals surface area contributed by atoms with E-state index in [9.17, 15) is 9.59 Å². The molecular weight excluding hydrogens is 356 g/mol. The molecule has 6 heteroatoms. The molecule has 1 aromatic carbocycles. The Kier molecular flexibility index (Phi) is 8.85. The number of nitrogens with one attached hydrogen (secondary N) is 1. The summed E-state index contributed by atoms with van der Waals surface area (Å²) in [6, 6.07) is 5.69. The summed E-state index contributed by atoms with van der Waals surface area (Å²) in [5.41, 5.74) is 2.46. The third kappa shape index (κ3) is 6.91. The van der Waals surface area contributed by atoms with Gasteiger partial charge in [-0.05, 0) is 56.2 Å². The Morgan fingerprint density at radius 3 is 2.54 bits per heavy atom. The Morgan fingerprint density at radius 1 is 1.11 bits per heavy atom. The van der Waals surface area contributed by atoms with Crippen molar-refractivity contribution in [1.29, 1.82) is 0 Å². The van der Waals surface area contributed by atoms with Crippen LogP contribution in [0, 0.1) is 0 Å². The first kappa shape index (κ1) is 21.8. The summed E-state index contributed by atoms with van der Waals surface area (Å²) in [5, 5.41) is 2.94. The van der Waals surface area contributed by atoms with Crippen LogP contribution in [0.4, 0.5) is 0 Å². The molecule has 0 aliphatic heterocycles. The molecule has 0 spiro atoms. The van der Waals surface area contributed by atoms with Crippen molar-refractivity contribution in [2.45, 2.75) is 45.4 Å². The van der Waals surface area contributed by atoms with E-state index in [0.29, 0.717) is 31.0 Å². The summed E-state index contributed by atoms with van der Waals surface area (Å²) in [4.78, 5) is 25.7. The van der Waals surface area contributed by atoms with Crippen LogP contribution in [-0.4, -0.2) is 50.6 Å². The van der Waals surface area contributed by atoms with Gasteiger partial charge in [-0.2, -0.15) is 0 Å². The van der Waals surface area contributed by atoms with Gasteiger partial charge >= 0.3 is 0 Å². The van der Waals surface area contributed by atoms with Crippen molar-refractivity contribution < 1.29 is 19.1 Å². The van der Waals surface area contributed by atoms with Gasteiger partial charge in [-0.15, -0.1) is 0 Å². The smallest absolute Gasteiger partial charge is 0.239 e. The number of benzene rings is 1. The molecule has 2 amide bonds. The van der Waals surface area contributed by atoms with Gasteiger partial charge in [0.05, 0.1) is 20.8 Å². The summed E-state index contributed by atoms with van der Waals surface area (Å²) in [6.45, 7) is 2.69. The zero-order valence-corrected chi connectivity index (χ0v) is 17.3. The van der Waals surface area contributed by atoms with Gasteiger partial charge in [0.25, 0.3) is 0 Å². The van der Waals surface area contributed by atoms with Gasteiger partial charge < -0.3 is 19.7 Å². The molecule has 1 aliphatic carbocycles. The molecule has 154 valence electrons. The predicted molar refractivity (Wildman–Crippen MR) is 110 cm³/mol. The molecule has 0 heterocycles. The van der Waals surface area contributed by atoms with E-state index in [0.717, 1.165) is 24.8 Å². The third-order valence-electron chi connectivity index (χ3n) is 5.05. The number of carbonyl (C=O) groups excluding carboxylic acids is 2. The van der Waals surface area contributed by atoms with Crippen molar-refractivity contribution in [3.8, 4) is 11.5 Å².